The summed E-state index contributed by atoms with van der Waals surface area (Å²) in [6, 6.07) is 25.4. The molecule has 4 aromatic rings. The standard InChI is InChI=1S/C31H26F3NO5S/c32-31(33,34)41(36,37)40-27-13-15-28-24(19-27)10-14-29(25-7-4-16-35-20-25)30(28)23-8-11-26(12-9-23)39-18-17-38-21-22-5-2-1-3-6-22/h1-9,11-13,15-16,19-20H,10,14,17-18,21H2. The Hall–Kier alpha value is -4.15. The fourth-order valence-corrected chi connectivity index (χ4v) is 5.11. The van der Waals surface area contributed by atoms with Crippen LogP contribution in [0.3, 0.4) is 0 Å². The normalized spacial score (nSPS) is 13.5. The molecule has 41 heavy (non-hydrogen) atoms. The Morgan fingerprint density at radius 2 is 1.56 bits per heavy atom. The lowest BCUT2D eigenvalue weighted by molar-refractivity contribution is -0.0500. The number of hydrogen-bond acceptors (Lipinski definition) is 6. The summed E-state index contributed by atoms with van der Waals surface area (Å²) >= 11 is 0. The van der Waals surface area contributed by atoms with Gasteiger partial charge in [-0.25, -0.2) is 0 Å². The molecule has 0 amide bonds. The first kappa shape index (κ1) is 28.4. The van der Waals surface area contributed by atoms with Crippen LogP contribution in [0.2, 0.25) is 0 Å². The van der Waals surface area contributed by atoms with Crippen LogP contribution in [0.5, 0.6) is 11.5 Å². The molecule has 10 heteroatoms. The van der Waals surface area contributed by atoms with Gasteiger partial charge < -0.3 is 13.7 Å². The number of halogens is 3. The quantitative estimate of drug-likeness (QED) is 0.116. The number of hydrogen-bond donors (Lipinski definition) is 0. The number of rotatable bonds is 10. The second-order valence-electron chi connectivity index (χ2n) is 9.31. The number of benzene rings is 3. The average molecular weight is 582 g/mol. The van der Waals surface area contributed by atoms with Crippen molar-refractivity contribution in [1.29, 1.82) is 0 Å². The molecule has 6 nitrogen and oxygen atoms in total. The zero-order chi connectivity index (χ0) is 28.9. The molecule has 1 aromatic heterocycles. The molecule has 1 heterocycles. The number of aryl methyl sites for hydroxylation is 1. The number of allylic oxidation sites excluding steroid dienone is 1. The highest BCUT2D eigenvalue weighted by atomic mass is 32.2. The summed E-state index contributed by atoms with van der Waals surface area (Å²) in [6.45, 7) is 1.31. The first-order valence-electron chi connectivity index (χ1n) is 12.8. The highest BCUT2D eigenvalue weighted by molar-refractivity contribution is 7.88. The largest absolute Gasteiger partial charge is 0.534 e. The smallest absolute Gasteiger partial charge is 0.491 e. The Kier molecular flexibility index (Phi) is 8.41. The third-order valence-electron chi connectivity index (χ3n) is 6.54. The summed E-state index contributed by atoms with van der Waals surface area (Å²) in [4.78, 5) is 4.24. The Morgan fingerprint density at radius 3 is 2.27 bits per heavy atom. The lowest BCUT2D eigenvalue weighted by atomic mass is 9.80. The summed E-state index contributed by atoms with van der Waals surface area (Å²) in [5.41, 5.74) is 0.709. The van der Waals surface area contributed by atoms with Crippen molar-refractivity contribution in [3.05, 3.63) is 125 Å². The molecule has 0 saturated carbocycles. The molecule has 0 aliphatic heterocycles. The fourth-order valence-electron chi connectivity index (χ4n) is 4.65. The van der Waals surface area contributed by atoms with E-state index in [1.807, 2.05) is 66.7 Å². The second kappa shape index (κ2) is 12.2. The van der Waals surface area contributed by atoms with Crippen LogP contribution < -0.4 is 8.92 Å². The molecule has 0 atom stereocenters. The SMILES string of the molecule is O=S(=O)(Oc1ccc2c(c1)CCC(c1cccnc1)=C2c1ccc(OCCOCc2ccccc2)cc1)C(F)(F)F. The van der Waals surface area contributed by atoms with Crippen molar-refractivity contribution in [3.63, 3.8) is 0 Å². The summed E-state index contributed by atoms with van der Waals surface area (Å²) in [5, 5.41) is 0. The Balaban J connectivity index is 1.37. The molecule has 0 fully saturated rings. The predicted octanol–water partition coefficient (Wildman–Crippen LogP) is 6.81. The van der Waals surface area contributed by atoms with Crippen LogP contribution in [0.25, 0.3) is 11.1 Å². The van der Waals surface area contributed by atoms with Gasteiger partial charge >= 0.3 is 15.6 Å². The van der Waals surface area contributed by atoms with Gasteiger partial charge in [0.05, 0.1) is 13.2 Å². The van der Waals surface area contributed by atoms with Gasteiger partial charge in [-0.3, -0.25) is 4.98 Å². The molecule has 1 aliphatic carbocycles. The monoisotopic (exact) mass is 581 g/mol. The predicted molar refractivity (Wildman–Crippen MR) is 149 cm³/mol. The minimum Gasteiger partial charge on any atom is -0.491 e. The number of alkyl halides is 3. The molecular weight excluding hydrogens is 555 g/mol. The second-order valence-corrected chi connectivity index (χ2v) is 10.8. The summed E-state index contributed by atoms with van der Waals surface area (Å²) in [5.74, 6) is 0.279. The van der Waals surface area contributed by atoms with Gasteiger partial charge in [0, 0.05) is 12.4 Å². The van der Waals surface area contributed by atoms with Crippen molar-refractivity contribution in [1.82, 2.24) is 4.98 Å². The first-order valence-corrected chi connectivity index (χ1v) is 14.2. The topological polar surface area (TPSA) is 74.7 Å². The number of pyridine rings is 1. The van der Waals surface area contributed by atoms with Crippen molar-refractivity contribution in [2.24, 2.45) is 0 Å². The lowest BCUT2D eigenvalue weighted by Gasteiger charge is -2.25. The van der Waals surface area contributed by atoms with E-state index in [1.54, 1.807) is 18.5 Å². The van der Waals surface area contributed by atoms with Crippen LogP contribution in [-0.2, 0) is 27.9 Å². The van der Waals surface area contributed by atoms with Gasteiger partial charge in [0.25, 0.3) is 0 Å². The minimum atomic E-state index is -5.77. The summed E-state index contributed by atoms with van der Waals surface area (Å²) in [6.07, 6.45) is 4.50. The molecule has 5 rings (SSSR count). The van der Waals surface area contributed by atoms with Gasteiger partial charge in [-0.1, -0.05) is 54.6 Å². The van der Waals surface area contributed by atoms with Gasteiger partial charge in [0.15, 0.2) is 0 Å². The van der Waals surface area contributed by atoms with Crippen molar-refractivity contribution < 1.29 is 35.2 Å². The van der Waals surface area contributed by atoms with Crippen molar-refractivity contribution >= 4 is 21.3 Å². The Labute approximate surface area is 236 Å². The highest BCUT2D eigenvalue weighted by Crippen LogP contribution is 2.42. The van der Waals surface area contributed by atoms with E-state index in [0.717, 1.165) is 33.4 Å². The molecule has 0 N–H and O–H groups in total. The molecule has 0 bridgehead atoms. The van der Waals surface area contributed by atoms with Crippen LogP contribution in [0, 0.1) is 0 Å². The third kappa shape index (κ3) is 6.78. The zero-order valence-corrected chi connectivity index (χ0v) is 22.6. The summed E-state index contributed by atoms with van der Waals surface area (Å²) in [7, 11) is -5.77. The van der Waals surface area contributed by atoms with Crippen molar-refractivity contribution in [3.8, 4) is 11.5 Å². The van der Waals surface area contributed by atoms with Gasteiger partial charge in [-0.2, -0.15) is 21.6 Å². The van der Waals surface area contributed by atoms with E-state index in [4.69, 9.17) is 9.47 Å². The van der Waals surface area contributed by atoms with Crippen LogP contribution >= 0.6 is 0 Å². The zero-order valence-electron chi connectivity index (χ0n) is 21.8. The maximum Gasteiger partial charge on any atom is 0.534 e. The van der Waals surface area contributed by atoms with E-state index >= 15 is 0 Å². The van der Waals surface area contributed by atoms with E-state index in [-0.39, 0.29) is 5.75 Å². The maximum absolute atomic E-state index is 12.9. The van der Waals surface area contributed by atoms with Crippen LogP contribution in [0.4, 0.5) is 13.2 Å². The molecule has 0 spiro atoms. The van der Waals surface area contributed by atoms with Crippen LogP contribution in [0.1, 0.15) is 34.2 Å². The van der Waals surface area contributed by atoms with E-state index in [9.17, 15) is 21.6 Å². The Morgan fingerprint density at radius 1 is 0.805 bits per heavy atom. The van der Waals surface area contributed by atoms with Crippen molar-refractivity contribution in [2.75, 3.05) is 13.2 Å². The Bertz CT molecular complexity index is 1620. The lowest BCUT2D eigenvalue weighted by Crippen LogP contribution is -2.28. The van der Waals surface area contributed by atoms with E-state index in [1.165, 1.54) is 12.1 Å². The summed E-state index contributed by atoms with van der Waals surface area (Å²) < 4.78 is 77.5. The number of nitrogens with zero attached hydrogens (tertiary/aromatic N) is 1. The van der Waals surface area contributed by atoms with E-state index in [0.29, 0.717) is 44.0 Å². The van der Waals surface area contributed by atoms with Crippen molar-refractivity contribution in [2.45, 2.75) is 25.0 Å². The van der Waals surface area contributed by atoms with Gasteiger partial charge in [-0.15, -0.1) is 0 Å². The maximum atomic E-state index is 12.9. The fraction of sp³-hybridized carbons (Fsp3) is 0.194. The third-order valence-corrected chi connectivity index (χ3v) is 7.52. The highest BCUT2D eigenvalue weighted by Gasteiger charge is 2.48. The van der Waals surface area contributed by atoms with Gasteiger partial charge in [-0.05, 0) is 82.1 Å². The molecule has 0 radical (unpaired) electrons. The molecule has 3 aromatic carbocycles. The minimum absolute atomic E-state index is 0.377. The molecular formula is C31H26F3NO5S. The molecule has 212 valence electrons. The van der Waals surface area contributed by atoms with Crippen LogP contribution in [-0.4, -0.2) is 32.1 Å². The number of ether oxygens (including phenoxy) is 2. The number of fused-ring (bicyclic) bond motifs is 1. The van der Waals surface area contributed by atoms with Gasteiger partial charge in [0.1, 0.15) is 18.1 Å². The average Bonchev–Trinajstić information content (AvgIpc) is 2.97. The van der Waals surface area contributed by atoms with Crippen LogP contribution in [0.15, 0.2) is 97.3 Å². The first-order chi connectivity index (χ1) is 19.7. The molecule has 1 aliphatic rings. The van der Waals surface area contributed by atoms with Gasteiger partial charge in [0.2, 0.25) is 0 Å². The van der Waals surface area contributed by atoms with E-state index in [2.05, 4.69) is 9.17 Å². The number of aromatic nitrogens is 1. The molecule has 0 saturated heterocycles. The molecule has 0 unspecified atom stereocenters. The van der Waals surface area contributed by atoms with E-state index < -0.39 is 15.6 Å².